The summed E-state index contributed by atoms with van der Waals surface area (Å²) in [4.78, 5) is 0. The van der Waals surface area contributed by atoms with Gasteiger partial charge in [0.1, 0.15) is 0 Å². The lowest BCUT2D eigenvalue weighted by atomic mass is 10.1. The second-order valence-corrected chi connectivity index (χ2v) is 4.05. The molecule has 0 spiro atoms. The summed E-state index contributed by atoms with van der Waals surface area (Å²) in [6.07, 6.45) is 0. The van der Waals surface area contributed by atoms with Crippen LogP contribution >= 0.6 is 0 Å². The van der Waals surface area contributed by atoms with Crippen LogP contribution in [0.2, 0.25) is 0 Å². The summed E-state index contributed by atoms with van der Waals surface area (Å²) in [7, 11) is 0. The highest BCUT2D eigenvalue weighted by Crippen LogP contribution is 2.14. The number of rotatable bonds is 4. The summed E-state index contributed by atoms with van der Waals surface area (Å²) >= 11 is 0. The number of nitrogens with zero attached hydrogens (tertiary/aromatic N) is 1. The molecule has 0 saturated carbocycles. The minimum atomic E-state index is -0.152. The first kappa shape index (κ1) is 12.5. The highest BCUT2D eigenvalue weighted by molar-refractivity contribution is 5.84. The largest absolute Gasteiger partial charge is 0.409 e. The number of benzene rings is 1. The van der Waals surface area contributed by atoms with Gasteiger partial charge in [0.2, 0.25) is 0 Å². The smallest absolute Gasteiger partial charge is 0.156 e. The monoisotopic (exact) mass is 221 g/mol. The minimum absolute atomic E-state index is 0.152. The summed E-state index contributed by atoms with van der Waals surface area (Å²) in [6, 6.07) is 8.27. The molecule has 16 heavy (non-hydrogen) atoms. The van der Waals surface area contributed by atoms with Crippen LogP contribution in [-0.4, -0.2) is 17.1 Å². The molecular formula is C12H19N3O. The standard InChI is InChI=1S/C12H19N3O/c1-8-5-4-6-11(7-8)9(2)14-10(3)12(13)15-16/h4-7,9-10,14,16H,1-3H3,(H2,13,15)/t9-,10?/m1/s1. The third-order valence-corrected chi connectivity index (χ3v) is 2.60. The van der Waals surface area contributed by atoms with Crippen LogP contribution in [0.4, 0.5) is 0 Å². The SMILES string of the molecule is Cc1cccc([C@@H](C)NC(C)/C(N)=N/O)c1. The number of nitrogens with one attached hydrogen (secondary N) is 1. The van der Waals surface area contributed by atoms with Crippen molar-refractivity contribution >= 4 is 5.84 Å². The van der Waals surface area contributed by atoms with Crippen molar-refractivity contribution in [1.29, 1.82) is 0 Å². The maximum atomic E-state index is 8.56. The number of amidine groups is 1. The van der Waals surface area contributed by atoms with E-state index in [1.54, 1.807) is 0 Å². The molecule has 2 atom stereocenters. The van der Waals surface area contributed by atoms with E-state index in [4.69, 9.17) is 10.9 Å². The topological polar surface area (TPSA) is 70.6 Å². The average molecular weight is 221 g/mol. The predicted molar refractivity (Wildman–Crippen MR) is 65.6 cm³/mol. The van der Waals surface area contributed by atoms with Gasteiger partial charge in [-0.3, -0.25) is 0 Å². The maximum absolute atomic E-state index is 8.56. The van der Waals surface area contributed by atoms with E-state index < -0.39 is 0 Å². The Morgan fingerprint density at radius 3 is 2.69 bits per heavy atom. The van der Waals surface area contributed by atoms with Gasteiger partial charge >= 0.3 is 0 Å². The van der Waals surface area contributed by atoms with Gasteiger partial charge in [-0.25, -0.2) is 0 Å². The number of hydrogen-bond acceptors (Lipinski definition) is 3. The second kappa shape index (κ2) is 5.51. The van der Waals surface area contributed by atoms with Crippen molar-refractivity contribution in [2.24, 2.45) is 10.9 Å². The third kappa shape index (κ3) is 3.24. The fourth-order valence-electron chi connectivity index (χ4n) is 1.58. The fraction of sp³-hybridized carbons (Fsp3) is 0.417. The Balaban J connectivity index is 2.69. The first-order chi connectivity index (χ1) is 7.54. The van der Waals surface area contributed by atoms with E-state index >= 15 is 0 Å². The van der Waals surface area contributed by atoms with E-state index in [0.29, 0.717) is 0 Å². The van der Waals surface area contributed by atoms with Crippen LogP contribution in [0, 0.1) is 6.92 Å². The normalized spacial score (nSPS) is 15.8. The van der Waals surface area contributed by atoms with Crippen molar-refractivity contribution in [3.63, 3.8) is 0 Å². The van der Waals surface area contributed by atoms with Crippen LogP contribution in [0.3, 0.4) is 0 Å². The van der Waals surface area contributed by atoms with Crippen LogP contribution in [0.5, 0.6) is 0 Å². The molecule has 0 amide bonds. The molecular weight excluding hydrogens is 202 g/mol. The number of oxime groups is 1. The van der Waals surface area contributed by atoms with E-state index in [9.17, 15) is 0 Å². The lowest BCUT2D eigenvalue weighted by molar-refractivity contribution is 0.314. The summed E-state index contributed by atoms with van der Waals surface area (Å²) in [5, 5.41) is 14.8. The van der Waals surface area contributed by atoms with Gasteiger partial charge in [-0.1, -0.05) is 35.0 Å². The van der Waals surface area contributed by atoms with Gasteiger partial charge in [0.15, 0.2) is 5.84 Å². The second-order valence-electron chi connectivity index (χ2n) is 4.05. The molecule has 0 aliphatic carbocycles. The number of hydrogen-bond donors (Lipinski definition) is 3. The molecule has 0 fully saturated rings. The van der Waals surface area contributed by atoms with Gasteiger partial charge in [-0.05, 0) is 26.3 Å². The first-order valence-corrected chi connectivity index (χ1v) is 5.34. The Hall–Kier alpha value is -1.55. The average Bonchev–Trinajstić information content (AvgIpc) is 2.27. The third-order valence-electron chi connectivity index (χ3n) is 2.60. The van der Waals surface area contributed by atoms with Crippen LogP contribution in [0.25, 0.3) is 0 Å². The van der Waals surface area contributed by atoms with E-state index in [0.717, 1.165) is 0 Å². The molecule has 0 saturated heterocycles. The van der Waals surface area contributed by atoms with Crippen molar-refractivity contribution in [3.05, 3.63) is 35.4 Å². The Morgan fingerprint density at radius 2 is 2.12 bits per heavy atom. The molecule has 1 aromatic carbocycles. The number of aryl methyl sites for hydroxylation is 1. The molecule has 0 radical (unpaired) electrons. The molecule has 0 aliphatic rings. The molecule has 4 N–H and O–H groups in total. The molecule has 1 aromatic rings. The Labute approximate surface area is 96.2 Å². The lowest BCUT2D eigenvalue weighted by Gasteiger charge is -2.19. The van der Waals surface area contributed by atoms with E-state index in [1.165, 1.54) is 11.1 Å². The zero-order chi connectivity index (χ0) is 12.1. The van der Waals surface area contributed by atoms with Crippen LogP contribution in [0.15, 0.2) is 29.4 Å². The van der Waals surface area contributed by atoms with Gasteiger partial charge in [0.25, 0.3) is 0 Å². The Morgan fingerprint density at radius 1 is 1.44 bits per heavy atom. The molecule has 0 aliphatic heterocycles. The quantitative estimate of drug-likeness (QED) is 0.314. The van der Waals surface area contributed by atoms with Crippen LogP contribution in [0.1, 0.15) is 31.0 Å². The highest BCUT2D eigenvalue weighted by atomic mass is 16.4. The molecule has 0 heterocycles. The van der Waals surface area contributed by atoms with Gasteiger partial charge in [0.05, 0.1) is 6.04 Å². The molecule has 88 valence electrons. The van der Waals surface area contributed by atoms with Crippen LogP contribution in [-0.2, 0) is 0 Å². The molecule has 0 bridgehead atoms. The number of nitrogens with two attached hydrogens (primary N) is 1. The van der Waals surface area contributed by atoms with Gasteiger partial charge in [0, 0.05) is 6.04 Å². The lowest BCUT2D eigenvalue weighted by Crippen LogP contribution is -2.40. The summed E-state index contributed by atoms with van der Waals surface area (Å²) in [5.41, 5.74) is 7.93. The highest BCUT2D eigenvalue weighted by Gasteiger charge is 2.12. The van der Waals surface area contributed by atoms with Gasteiger partial charge in [-0.15, -0.1) is 0 Å². The van der Waals surface area contributed by atoms with E-state index in [-0.39, 0.29) is 17.9 Å². The maximum Gasteiger partial charge on any atom is 0.156 e. The zero-order valence-electron chi connectivity index (χ0n) is 9.94. The van der Waals surface area contributed by atoms with Crippen molar-refractivity contribution in [2.75, 3.05) is 0 Å². The summed E-state index contributed by atoms with van der Waals surface area (Å²) in [5.74, 6) is 0.194. The molecule has 1 rings (SSSR count). The fourth-order valence-corrected chi connectivity index (χ4v) is 1.58. The predicted octanol–water partition coefficient (Wildman–Crippen LogP) is 1.78. The van der Waals surface area contributed by atoms with E-state index in [2.05, 4.69) is 42.5 Å². The molecule has 4 heteroatoms. The van der Waals surface area contributed by atoms with Crippen molar-refractivity contribution in [1.82, 2.24) is 5.32 Å². The van der Waals surface area contributed by atoms with Crippen LogP contribution < -0.4 is 11.1 Å². The summed E-state index contributed by atoms with van der Waals surface area (Å²) < 4.78 is 0. The van der Waals surface area contributed by atoms with E-state index in [1.807, 2.05) is 13.0 Å². The van der Waals surface area contributed by atoms with Crippen molar-refractivity contribution in [2.45, 2.75) is 32.9 Å². The van der Waals surface area contributed by atoms with Gasteiger partial charge < -0.3 is 16.3 Å². The Kier molecular flexibility index (Phi) is 4.31. The first-order valence-electron chi connectivity index (χ1n) is 5.34. The molecule has 0 aromatic heterocycles. The molecule has 1 unspecified atom stereocenters. The molecule has 4 nitrogen and oxygen atoms in total. The van der Waals surface area contributed by atoms with Crippen molar-refractivity contribution in [3.8, 4) is 0 Å². The zero-order valence-corrected chi connectivity index (χ0v) is 9.94. The Bertz CT molecular complexity index is 376. The minimum Gasteiger partial charge on any atom is -0.409 e. The summed E-state index contributed by atoms with van der Waals surface area (Å²) in [6.45, 7) is 5.97. The van der Waals surface area contributed by atoms with Gasteiger partial charge in [-0.2, -0.15) is 0 Å². The van der Waals surface area contributed by atoms with Crippen molar-refractivity contribution < 1.29 is 5.21 Å².